The maximum absolute atomic E-state index is 5.39. The molecule has 2 aliphatic heterocycles. The molecule has 0 amide bonds. The zero-order chi connectivity index (χ0) is 15.1. The molecule has 0 bridgehead atoms. The highest BCUT2D eigenvalue weighted by molar-refractivity contribution is 7.97. The van der Waals surface area contributed by atoms with E-state index in [1.165, 1.54) is 64.8 Å². The van der Waals surface area contributed by atoms with Crippen LogP contribution in [0.1, 0.15) is 52.9 Å². The average molecular weight is 315 g/mol. The lowest BCUT2D eigenvalue weighted by molar-refractivity contribution is -0.0338. The van der Waals surface area contributed by atoms with E-state index in [1.54, 1.807) is 0 Å². The van der Waals surface area contributed by atoms with E-state index in [2.05, 4.69) is 30.0 Å². The molecule has 0 saturated carbocycles. The van der Waals surface area contributed by atoms with Gasteiger partial charge in [-0.3, -0.25) is 4.31 Å². The number of rotatable bonds is 9. The Morgan fingerprint density at radius 3 is 2.43 bits per heavy atom. The molecule has 4 heteroatoms. The van der Waals surface area contributed by atoms with Crippen molar-refractivity contribution in [3.05, 3.63) is 0 Å². The van der Waals surface area contributed by atoms with E-state index in [-0.39, 0.29) is 0 Å². The van der Waals surface area contributed by atoms with Crippen LogP contribution in [0, 0.1) is 5.41 Å². The van der Waals surface area contributed by atoms with Crippen LogP contribution in [0.25, 0.3) is 0 Å². The lowest BCUT2D eigenvalue weighted by atomic mass is 9.72. The van der Waals surface area contributed by atoms with Crippen LogP contribution in [0.3, 0.4) is 0 Å². The summed E-state index contributed by atoms with van der Waals surface area (Å²) < 4.78 is 7.98. The summed E-state index contributed by atoms with van der Waals surface area (Å²) in [5, 5.41) is 0.730. The predicted octanol–water partition coefficient (Wildman–Crippen LogP) is 3.65. The normalized spacial score (nSPS) is 22.9. The van der Waals surface area contributed by atoms with Crippen molar-refractivity contribution in [3.63, 3.8) is 0 Å². The van der Waals surface area contributed by atoms with E-state index < -0.39 is 0 Å². The number of hydrogen-bond acceptors (Lipinski definition) is 4. The Bertz CT molecular complexity index is 283. The molecule has 2 aliphatic rings. The molecule has 0 atom stereocenters. The van der Waals surface area contributed by atoms with Gasteiger partial charge in [-0.15, -0.1) is 0 Å². The maximum atomic E-state index is 5.39. The van der Waals surface area contributed by atoms with E-state index >= 15 is 0 Å². The minimum atomic E-state index is 0.680. The molecule has 124 valence electrons. The number of unbranched alkanes of at least 4 members (excludes halogenated alkanes) is 2. The molecular formula is C17H34N2OS. The number of likely N-dealkylation sites (tertiary alicyclic amines) is 1. The molecular weight excluding hydrogens is 280 g/mol. The van der Waals surface area contributed by atoms with Crippen LogP contribution in [0.2, 0.25) is 0 Å². The Labute approximate surface area is 135 Å². The Morgan fingerprint density at radius 1 is 1.10 bits per heavy atom. The van der Waals surface area contributed by atoms with Crippen LogP contribution in [0.5, 0.6) is 0 Å². The molecule has 2 fully saturated rings. The predicted molar refractivity (Wildman–Crippen MR) is 92.8 cm³/mol. The van der Waals surface area contributed by atoms with Gasteiger partial charge in [0, 0.05) is 44.6 Å². The number of ether oxygens (including phenoxy) is 1. The maximum Gasteiger partial charge on any atom is 0.0465 e. The Hall–Kier alpha value is 0.230. The SMILES string of the molecule is CCOCCCCCN1CC2(CCN(SC(C)C)CC2)C1. The lowest BCUT2D eigenvalue weighted by Crippen LogP contribution is -2.59. The Balaban J connectivity index is 1.51. The van der Waals surface area contributed by atoms with Crippen LogP contribution in [-0.2, 0) is 4.74 Å². The van der Waals surface area contributed by atoms with Gasteiger partial charge in [0.05, 0.1) is 0 Å². The molecule has 21 heavy (non-hydrogen) atoms. The summed E-state index contributed by atoms with van der Waals surface area (Å²) in [6.45, 7) is 15.1. The van der Waals surface area contributed by atoms with Crippen molar-refractivity contribution < 1.29 is 4.74 Å². The third kappa shape index (κ3) is 5.74. The van der Waals surface area contributed by atoms with Gasteiger partial charge < -0.3 is 9.64 Å². The summed E-state index contributed by atoms with van der Waals surface area (Å²) in [5.41, 5.74) is 0.680. The van der Waals surface area contributed by atoms with Crippen molar-refractivity contribution in [2.45, 2.75) is 58.1 Å². The van der Waals surface area contributed by atoms with Crippen LogP contribution in [0.15, 0.2) is 0 Å². The van der Waals surface area contributed by atoms with Crippen LogP contribution in [0.4, 0.5) is 0 Å². The molecule has 0 aromatic carbocycles. The van der Waals surface area contributed by atoms with E-state index in [0.29, 0.717) is 5.41 Å². The van der Waals surface area contributed by atoms with Crippen molar-refractivity contribution in [1.29, 1.82) is 0 Å². The second-order valence-corrected chi connectivity index (χ2v) is 8.72. The van der Waals surface area contributed by atoms with Crippen LogP contribution < -0.4 is 0 Å². The molecule has 0 aliphatic carbocycles. The zero-order valence-electron chi connectivity index (χ0n) is 14.3. The van der Waals surface area contributed by atoms with E-state index in [9.17, 15) is 0 Å². The van der Waals surface area contributed by atoms with Gasteiger partial charge in [0.2, 0.25) is 0 Å². The number of nitrogens with zero attached hydrogens (tertiary/aromatic N) is 2. The summed E-state index contributed by atoms with van der Waals surface area (Å²) in [6.07, 6.45) is 6.72. The van der Waals surface area contributed by atoms with Crippen LogP contribution in [-0.4, -0.2) is 60.4 Å². The molecule has 3 nitrogen and oxygen atoms in total. The topological polar surface area (TPSA) is 15.7 Å². The molecule has 2 heterocycles. The van der Waals surface area contributed by atoms with Gasteiger partial charge in [-0.2, -0.15) is 0 Å². The van der Waals surface area contributed by atoms with Crippen molar-refractivity contribution in [2.75, 3.05) is 45.9 Å². The second-order valence-electron chi connectivity index (χ2n) is 7.05. The average Bonchev–Trinajstić information content (AvgIpc) is 2.42. The fraction of sp³-hybridized carbons (Fsp3) is 1.00. The zero-order valence-corrected chi connectivity index (χ0v) is 15.1. The smallest absolute Gasteiger partial charge is 0.0465 e. The third-order valence-corrected chi connectivity index (χ3v) is 5.81. The largest absolute Gasteiger partial charge is 0.382 e. The van der Waals surface area contributed by atoms with E-state index in [1.807, 2.05) is 11.9 Å². The molecule has 0 radical (unpaired) electrons. The quantitative estimate of drug-likeness (QED) is 0.477. The summed E-state index contributed by atoms with van der Waals surface area (Å²) in [4.78, 5) is 2.67. The first-order valence-electron chi connectivity index (χ1n) is 8.85. The highest BCUT2D eigenvalue weighted by atomic mass is 32.2. The first kappa shape index (κ1) is 17.6. The minimum Gasteiger partial charge on any atom is -0.382 e. The molecule has 0 aromatic rings. The number of piperidine rings is 1. The van der Waals surface area contributed by atoms with Gasteiger partial charge >= 0.3 is 0 Å². The lowest BCUT2D eigenvalue weighted by Gasteiger charge is -2.54. The number of hydrogen-bond donors (Lipinski definition) is 0. The molecule has 1 spiro atoms. The van der Waals surface area contributed by atoms with Crippen molar-refractivity contribution in [3.8, 4) is 0 Å². The van der Waals surface area contributed by atoms with E-state index in [0.717, 1.165) is 18.5 Å². The van der Waals surface area contributed by atoms with Gasteiger partial charge in [0.15, 0.2) is 0 Å². The minimum absolute atomic E-state index is 0.680. The third-order valence-electron chi connectivity index (χ3n) is 4.73. The summed E-state index contributed by atoms with van der Waals surface area (Å²) in [5.74, 6) is 0. The van der Waals surface area contributed by atoms with Gasteiger partial charge in [0.25, 0.3) is 0 Å². The highest BCUT2D eigenvalue weighted by Crippen LogP contribution is 2.42. The summed E-state index contributed by atoms with van der Waals surface area (Å²) in [7, 11) is 0. The van der Waals surface area contributed by atoms with Gasteiger partial charge in [-0.05, 0) is 51.0 Å². The standard InChI is InChI=1S/C17H34N2OS/c1-4-20-13-7-5-6-10-18-14-17(15-18)8-11-19(12-9-17)21-16(2)3/h16H,4-15H2,1-3H3. The molecule has 2 saturated heterocycles. The van der Waals surface area contributed by atoms with Gasteiger partial charge in [0.1, 0.15) is 0 Å². The van der Waals surface area contributed by atoms with Crippen molar-refractivity contribution in [2.24, 2.45) is 5.41 Å². The monoisotopic (exact) mass is 314 g/mol. The fourth-order valence-electron chi connectivity index (χ4n) is 3.60. The first-order chi connectivity index (χ1) is 10.1. The van der Waals surface area contributed by atoms with Crippen molar-refractivity contribution in [1.82, 2.24) is 9.21 Å². The first-order valence-corrected chi connectivity index (χ1v) is 9.69. The fourth-order valence-corrected chi connectivity index (χ4v) is 4.59. The van der Waals surface area contributed by atoms with E-state index in [4.69, 9.17) is 4.74 Å². The van der Waals surface area contributed by atoms with Crippen LogP contribution >= 0.6 is 11.9 Å². The molecule has 0 N–H and O–H groups in total. The van der Waals surface area contributed by atoms with Gasteiger partial charge in [-0.25, -0.2) is 0 Å². The summed E-state index contributed by atoms with van der Waals surface area (Å²) >= 11 is 2.04. The molecule has 2 rings (SSSR count). The summed E-state index contributed by atoms with van der Waals surface area (Å²) in [6, 6.07) is 0. The van der Waals surface area contributed by atoms with Crippen molar-refractivity contribution >= 4 is 11.9 Å². The Kier molecular flexibility index (Phi) is 7.33. The second kappa shape index (κ2) is 8.76. The molecule has 0 aromatic heterocycles. The van der Waals surface area contributed by atoms with Gasteiger partial charge in [-0.1, -0.05) is 25.8 Å². The highest BCUT2D eigenvalue weighted by Gasteiger charge is 2.44. The Morgan fingerprint density at radius 2 is 1.81 bits per heavy atom. The molecule has 0 unspecified atom stereocenters.